The highest BCUT2D eigenvalue weighted by atomic mass is 16.3. The van der Waals surface area contributed by atoms with E-state index in [1.54, 1.807) is 10.8 Å². The zero-order valence-electron chi connectivity index (χ0n) is 18.1. The summed E-state index contributed by atoms with van der Waals surface area (Å²) in [5.74, 6) is -0.0615. The molecule has 2 aliphatic rings. The molecule has 1 atom stereocenters. The Hall–Kier alpha value is -3.19. The molecule has 168 valence electrons. The topological polar surface area (TPSA) is 91.6 Å². The Kier molecular flexibility index (Phi) is 6.85. The minimum atomic E-state index is -0.474. The number of aliphatic hydroxyl groups excluding tert-OH is 1. The number of pyridine rings is 1. The van der Waals surface area contributed by atoms with E-state index in [2.05, 4.69) is 17.5 Å². The van der Waals surface area contributed by atoms with Gasteiger partial charge in [0.05, 0.1) is 13.2 Å². The minimum absolute atomic E-state index is 0.0835. The number of allylic oxidation sites excluding steroid dienone is 2. The fourth-order valence-corrected chi connectivity index (χ4v) is 4.53. The highest BCUT2D eigenvalue weighted by Gasteiger charge is 2.29. The molecule has 32 heavy (non-hydrogen) atoms. The third-order valence-corrected chi connectivity index (χ3v) is 6.19. The summed E-state index contributed by atoms with van der Waals surface area (Å²) in [5.41, 5.74) is 2.26. The molecule has 7 nitrogen and oxygen atoms in total. The normalized spacial score (nSPS) is 17.3. The van der Waals surface area contributed by atoms with Crippen molar-refractivity contribution >= 4 is 11.8 Å². The molecule has 0 bridgehead atoms. The summed E-state index contributed by atoms with van der Waals surface area (Å²) in [7, 11) is 0. The third kappa shape index (κ3) is 4.83. The summed E-state index contributed by atoms with van der Waals surface area (Å²) in [4.78, 5) is 40.8. The second kappa shape index (κ2) is 9.96. The van der Waals surface area contributed by atoms with E-state index >= 15 is 0 Å². The number of rotatable bonds is 7. The number of amides is 2. The largest absolute Gasteiger partial charge is 0.395 e. The van der Waals surface area contributed by atoms with E-state index in [0.717, 1.165) is 24.0 Å². The van der Waals surface area contributed by atoms with Crippen molar-refractivity contribution in [1.82, 2.24) is 14.8 Å². The summed E-state index contributed by atoms with van der Waals surface area (Å²) < 4.78 is 1.55. The summed E-state index contributed by atoms with van der Waals surface area (Å²) in [5, 5.41) is 11.7. The lowest BCUT2D eigenvalue weighted by Crippen LogP contribution is -2.42. The lowest BCUT2D eigenvalue weighted by molar-refractivity contribution is -0.132. The van der Waals surface area contributed by atoms with Crippen LogP contribution in [0, 0.1) is 5.92 Å². The van der Waals surface area contributed by atoms with E-state index in [1.807, 2.05) is 35.2 Å². The smallest absolute Gasteiger partial charge is 0.264 e. The number of aliphatic hydroxyl groups is 1. The standard InChI is InChI=1S/C25H29N3O4/c29-13-11-26-24(31)23-21-10-12-27(22(30)14-18-6-4-5-7-18)16-20(21)17-28(25(23)32)15-19-8-2-1-3-9-19/h1-4,6,8-9,17-18,29H,5,7,10-16H2,(H,26,31). The Morgan fingerprint density at radius 2 is 2.00 bits per heavy atom. The van der Waals surface area contributed by atoms with Crippen LogP contribution in [-0.4, -0.2) is 46.1 Å². The van der Waals surface area contributed by atoms with E-state index < -0.39 is 5.91 Å². The fourth-order valence-electron chi connectivity index (χ4n) is 4.53. The van der Waals surface area contributed by atoms with Gasteiger partial charge in [0.25, 0.3) is 11.5 Å². The Morgan fingerprint density at radius 1 is 1.19 bits per heavy atom. The third-order valence-electron chi connectivity index (χ3n) is 6.19. The first kappa shape index (κ1) is 22.0. The first-order valence-electron chi connectivity index (χ1n) is 11.2. The highest BCUT2D eigenvalue weighted by Crippen LogP contribution is 2.25. The van der Waals surface area contributed by atoms with E-state index in [0.29, 0.717) is 44.0 Å². The average Bonchev–Trinajstić information content (AvgIpc) is 3.31. The maximum atomic E-state index is 13.2. The molecule has 1 aromatic carbocycles. The molecular weight excluding hydrogens is 406 g/mol. The lowest BCUT2D eigenvalue weighted by atomic mass is 9.95. The van der Waals surface area contributed by atoms with Gasteiger partial charge in [-0.15, -0.1) is 0 Å². The van der Waals surface area contributed by atoms with Crippen LogP contribution in [0.15, 0.2) is 53.5 Å². The number of hydrogen-bond acceptors (Lipinski definition) is 4. The monoisotopic (exact) mass is 435 g/mol. The van der Waals surface area contributed by atoms with Crippen LogP contribution in [0.2, 0.25) is 0 Å². The van der Waals surface area contributed by atoms with Crippen LogP contribution in [0.4, 0.5) is 0 Å². The predicted molar refractivity (Wildman–Crippen MR) is 121 cm³/mol. The van der Waals surface area contributed by atoms with Crippen molar-refractivity contribution in [3.8, 4) is 0 Å². The second-order valence-electron chi connectivity index (χ2n) is 8.44. The van der Waals surface area contributed by atoms with Gasteiger partial charge in [0.15, 0.2) is 0 Å². The van der Waals surface area contributed by atoms with Gasteiger partial charge in [0, 0.05) is 32.3 Å². The lowest BCUT2D eigenvalue weighted by Gasteiger charge is -2.31. The van der Waals surface area contributed by atoms with Crippen LogP contribution in [0.25, 0.3) is 0 Å². The summed E-state index contributed by atoms with van der Waals surface area (Å²) in [6, 6.07) is 9.59. The first-order valence-corrected chi connectivity index (χ1v) is 11.2. The molecule has 7 heteroatoms. The molecule has 2 amide bonds. The van der Waals surface area contributed by atoms with Crippen LogP contribution < -0.4 is 10.9 Å². The Morgan fingerprint density at radius 3 is 2.72 bits per heavy atom. The Bertz CT molecular complexity index is 1070. The maximum Gasteiger partial charge on any atom is 0.264 e. The molecule has 1 aromatic heterocycles. The molecule has 2 heterocycles. The zero-order chi connectivity index (χ0) is 22.5. The molecular formula is C25H29N3O4. The Labute approximate surface area is 187 Å². The number of aromatic nitrogens is 1. The molecule has 0 saturated heterocycles. The van der Waals surface area contributed by atoms with Crippen molar-refractivity contribution in [3.05, 3.63) is 81.3 Å². The quantitative estimate of drug-likeness (QED) is 0.650. The summed E-state index contributed by atoms with van der Waals surface area (Å²) in [6.45, 7) is 1.11. The number of benzene rings is 1. The van der Waals surface area contributed by atoms with E-state index in [1.165, 1.54) is 0 Å². The van der Waals surface area contributed by atoms with Crippen LogP contribution in [0.3, 0.4) is 0 Å². The van der Waals surface area contributed by atoms with Crippen molar-refractivity contribution < 1.29 is 14.7 Å². The molecule has 0 fully saturated rings. The molecule has 1 aliphatic carbocycles. The van der Waals surface area contributed by atoms with Gasteiger partial charge in [-0.2, -0.15) is 0 Å². The highest BCUT2D eigenvalue weighted by molar-refractivity contribution is 5.95. The number of nitrogens with one attached hydrogen (secondary N) is 1. The van der Waals surface area contributed by atoms with Crippen molar-refractivity contribution in [2.45, 2.75) is 38.8 Å². The number of nitrogens with zero attached hydrogens (tertiary/aromatic N) is 2. The molecule has 0 spiro atoms. The van der Waals surface area contributed by atoms with Crippen LogP contribution >= 0.6 is 0 Å². The molecule has 2 N–H and O–H groups in total. The molecule has 0 radical (unpaired) electrons. The maximum absolute atomic E-state index is 13.2. The van der Waals surface area contributed by atoms with Crippen LogP contribution in [0.5, 0.6) is 0 Å². The van der Waals surface area contributed by atoms with Crippen LogP contribution in [0.1, 0.15) is 46.3 Å². The minimum Gasteiger partial charge on any atom is -0.395 e. The first-order chi connectivity index (χ1) is 15.6. The molecule has 4 rings (SSSR count). The molecule has 1 unspecified atom stereocenters. The Balaban J connectivity index is 1.65. The van der Waals surface area contributed by atoms with Crippen molar-refractivity contribution in [2.75, 3.05) is 19.7 Å². The van der Waals surface area contributed by atoms with Crippen molar-refractivity contribution in [1.29, 1.82) is 0 Å². The van der Waals surface area contributed by atoms with E-state index in [9.17, 15) is 14.4 Å². The zero-order valence-corrected chi connectivity index (χ0v) is 18.1. The van der Waals surface area contributed by atoms with Gasteiger partial charge < -0.3 is 19.9 Å². The van der Waals surface area contributed by atoms with E-state index in [4.69, 9.17) is 5.11 Å². The van der Waals surface area contributed by atoms with Crippen LogP contribution in [-0.2, 0) is 24.3 Å². The average molecular weight is 436 g/mol. The summed E-state index contributed by atoms with van der Waals surface area (Å²) >= 11 is 0. The SMILES string of the molecule is O=C(NCCO)c1c2c(cn(Cc3ccccc3)c1=O)CN(C(=O)CC1C=CCC1)CC2. The van der Waals surface area contributed by atoms with Gasteiger partial charge in [0.2, 0.25) is 5.91 Å². The number of fused-ring (bicyclic) bond motifs is 1. The van der Waals surface area contributed by atoms with Crippen molar-refractivity contribution in [2.24, 2.45) is 5.92 Å². The van der Waals surface area contributed by atoms with Crippen molar-refractivity contribution in [3.63, 3.8) is 0 Å². The number of carbonyl (C=O) groups excluding carboxylic acids is 2. The van der Waals surface area contributed by atoms with E-state index in [-0.39, 0.29) is 30.2 Å². The number of hydrogen-bond donors (Lipinski definition) is 2. The molecule has 0 saturated carbocycles. The van der Waals surface area contributed by atoms with Gasteiger partial charge in [0.1, 0.15) is 5.56 Å². The molecule has 1 aliphatic heterocycles. The summed E-state index contributed by atoms with van der Waals surface area (Å²) in [6.07, 6.45) is 9.05. The molecule has 2 aromatic rings. The predicted octanol–water partition coefficient (Wildman–Crippen LogP) is 1.86. The van der Waals surface area contributed by atoms with Gasteiger partial charge >= 0.3 is 0 Å². The van der Waals surface area contributed by atoms with Gasteiger partial charge in [-0.1, -0.05) is 42.5 Å². The van der Waals surface area contributed by atoms with Gasteiger partial charge in [-0.3, -0.25) is 14.4 Å². The fraction of sp³-hybridized carbons (Fsp3) is 0.400. The van der Waals surface area contributed by atoms with Gasteiger partial charge in [-0.05, 0) is 41.9 Å². The van der Waals surface area contributed by atoms with Gasteiger partial charge in [-0.25, -0.2) is 0 Å². The number of carbonyl (C=O) groups is 2. The second-order valence-corrected chi connectivity index (χ2v) is 8.44.